The lowest BCUT2D eigenvalue weighted by Gasteiger charge is -2.31. The van der Waals surface area contributed by atoms with Crippen molar-refractivity contribution in [2.75, 3.05) is 12.3 Å². The van der Waals surface area contributed by atoms with Crippen LogP contribution in [-0.4, -0.2) is 17.5 Å². The van der Waals surface area contributed by atoms with Crippen molar-refractivity contribution in [3.63, 3.8) is 0 Å². The second-order valence-electron chi connectivity index (χ2n) is 6.10. The second kappa shape index (κ2) is 6.62. The van der Waals surface area contributed by atoms with Crippen molar-refractivity contribution in [3.8, 4) is 0 Å². The molecule has 0 bridgehead atoms. The Bertz CT molecular complexity index is 411. The maximum absolute atomic E-state index is 6.09. The Morgan fingerprint density at radius 3 is 2.63 bits per heavy atom. The maximum atomic E-state index is 6.09. The second-order valence-corrected chi connectivity index (χ2v) is 6.54. The number of hydrogen-bond donors (Lipinski definition) is 1. The summed E-state index contributed by atoms with van der Waals surface area (Å²) in [7, 11) is 0. The summed E-state index contributed by atoms with van der Waals surface area (Å²) in [4.78, 5) is 2.60. The number of nitrogens with zero attached hydrogens (tertiary/aromatic N) is 1. The molecule has 19 heavy (non-hydrogen) atoms. The van der Waals surface area contributed by atoms with Gasteiger partial charge in [-0.3, -0.25) is 4.90 Å². The summed E-state index contributed by atoms with van der Waals surface area (Å²) < 4.78 is 0. The van der Waals surface area contributed by atoms with Crippen LogP contribution in [0.5, 0.6) is 0 Å². The first kappa shape index (κ1) is 14.7. The van der Waals surface area contributed by atoms with Gasteiger partial charge < -0.3 is 5.73 Å². The number of nitrogens with two attached hydrogens (primary N) is 1. The van der Waals surface area contributed by atoms with Crippen LogP contribution in [0.3, 0.4) is 0 Å². The average molecular weight is 281 g/mol. The van der Waals surface area contributed by atoms with E-state index in [0.717, 1.165) is 29.8 Å². The number of anilines is 1. The summed E-state index contributed by atoms with van der Waals surface area (Å²) in [6.45, 7) is 6.62. The molecule has 2 nitrogen and oxygen atoms in total. The Morgan fingerprint density at radius 2 is 2.00 bits per heavy atom. The highest BCUT2D eigenvalue weighted by Crippen LogP contribution is 2.27. The maximum Gasteiger partial charge on any atom is 0.0410 e. The van der Waals surface area contributed by atoms with Crippen molar-refractivity contribution in [2.24, 2.45) is 5.92 Å². The van der Waals surface area contributed by atoms with Crippen molar-refractivity contribution >= 4 is 17.3 Å². The predicted molar refractivity (Wildman–Crippen MR) is 83.4 cm³/mol. The van der Waals surface area contributed by atoms with E-state index in [1.165, 1.54) is 31.2 Å². The summed E-state index contributed by atoms with van der Waals surface area (Å²) >= 11 is 6.09. The minimum Gasteiger partial charge on any atom is -0.398 e. The first-order valence-electron chi connectivity index (χ1n) is 7.34. The quantitative estimate of drug-likeness (QED) is 0.814. The summed E-state index contributed by atoms with van der Waals surface area (Å²) in [5.74, 6) is 0.681. The highest BCUT2D eigenvalue weighted by molar-refractivity contribution is 6.30. The molecule has 0 radical (unpaired) electrons. The monoisotopic (exact) mass is 280 g/mol. The van der Waals surface area contributed by atoms with Gasteiger partial charge in [0, 0.05) is 29.8 Å². The first-order chi connectivity index (χ1) is 9.06. The lowest BCUT2D eigenvalue weighted by Crippen LogP contribution is -2.35. The lowest BCUT2D eigenvalue weighted by molar-refractivity contribution is 0.169. The molecule has 106 valence electrons. The molecule has 1 aliphatic rings. The van der Waals surface area contributed by atoms with Crippen molar-refractivity contribution < 1.29 is 0 Å². The third kappa shape index (κ3) is 4.12. The Balaban J connectivity index is 2.12. The van der Waals surface area contributed by atoms with E-state index < -0.39 is 0 Å². The van der Waals surface area contributed by atoms with Crippen LogP contribution < -0.4 is 5.73 Å². The van der Waals surface area contributed by atoms with E-state index in [9.17, 15) is 0 Å². The Labute approximate surface area is 121 Å². The summed E-state index contributed by atoms with van der Waals surface area (Å²) in [6.07, 6.45) is 5.38. The molecule has 0 unspecified atom stereocenters. The van der Waals surface area contributed by atoms with E-state index in [1.54, 1.807) is 0 Å². The molecule has 3 heteroatoms. The van der Waals surface area contributed by atoms with E-state index in [4.69, 9.17) is 17.3 Å². The molecule has 1 aromatic carbocycles. The molecule has 2 rings (SSSR count). The Kier molecular flexibility index (Phi) is 5.12. The van der Waals surface area contributed by atoms with Crippen LogP contribution in [0.25, 0.3) is 0 Å². The zero-order valence-corrected chi connectivity index (χ0v) is 12.8. The molecule has 0 aliphatic heterocycles. The van der Waals surface area contributed by atoms with Crippen LogP contribution in [0.4, 0.5) is 5.69 Å². The zero-order valence-electron chi connectivity index (χ0n) is 12.0. The fourth-order valence-electron chi connectivity index (χ4n) is 3.01. The third-order valence-corrected chi connectivity index (χ3v) is 4.15. The molecule has 2 N–H and O–H groups in total. The van der Waals surface area contributed by atoms with Gasteiger partial charge in [-0.2, -0.15) is 0 Å². The van der Waals surface area contributed by atoms with Gasteiger partial charge >= 0.3 is 0 Å². The van der Waals surface area contributed by atoms with E-state index in [0.29, 0.717) is 5.92 Å². The molecule has 1 aromatic rings. The molecule has 1 aliphatic carbocycles. The Hall–Kier alpha value is -0.730. The fourth-order valence-corrected chi connectivity index (χ4v) is 3.21. The molecule has 0 amide bonds. The summed E-state index contributed by atoms with van der Waals surface area (Å²) in [6, 6.07) is 6.52. The standard InChI is InChI=1S/C16H25ClN2/c1-12(2)10-19(15-5-3-4-6-15)11-13-9-14(17)7-8-16(13)18/h7-9,12,15H,3-6,10-11,18H2,1-2H3. The number of benzene rings is 1. The summed E-state index contributed by atoms with van der Waals surface area (Å²) in [5, 5.41) is 0.778. The molecule has 0 heterocycles. The largest absolute Gasteiger partial charge is 0.398 e. The van der Waals surface area contributed by atoms with Crippen LogP contribution in [0.2, 0.25) is 5.02 Å². The van der Waals surface area contributed by atoms with Crippen LogP contribution >= 0.6 is 11.6 Å². The number of hydrogen-bond acceptors (Lipinski definition) is 2. The highest BCUT2D eigenvalue weighted by Gasteiger charge is 2.23. The van der Waals surface area contributed by atoms with E-state index in [1.807, 2.05) is 18.2 Å². The number of rotatable bonds is 5. The predicted octanol–water partition coefficient (Wildman–Crippen LogP) is 4.32. The highest BCUT2D eigenvalue weighted by atomic mass is 35.5. The van der Waals surface area contributed by atoms with Gasteiger partial charge in [0.1, 0.15) is 0 Å². The van der Waals surface area contributed by atoms with Gasteiger partial charge in [0.2, 0.25) is 0 Å². The minimum atomic E-state index is 0.681. The molecule has 0 aromatic heterocycles. The van der Waals surface area contributed by atoms with Gasteiger partial charge in [-0.25, -0.2) is 0 Å². The van der Waals surface area contributed by atoms with Crippen molar-refractivity contribution in [2.45, 2.75) is 52.1 Å². The van der Waals surface area contributed by atoms with Crippen LogP contribution in [0.1, 0.15) is 45.1 Å². The smallest absolute Gasteiger partial charge is 0.0410 e. The molecular weight excluding hydrogens is 256 g/mol. The van der Waals surface area contributed by atoms with Crippen LogP contribution in [0, 0.1) is 5.92 Å². The molecular formula is C16H25ClN2. The van der Waals surface area contributed by atoms with Crippen molar-refractivity contribution in [1.29, 1.82) is 0 Å². The minimum absolute atomic E-state index is 0.681. The van der Waals surface area contributed by atoms with Crippen molar-refractivity contribution in [3.05, 3.63) is 28.8 Å². The van der Waals surface area contributed by atoms with E-state index >= 15 is 0 Å². The average Bonchev–Trinajstić information content (AvgIpc) is 2.86. The molecule has 1 saturated carbocycles. The van der Waals surface area contributed by atoms with Gasteiger partial charge in [-0.15, -0.1) is 0 Å². The normalized spacial score (nSPS) is 16.7. The van der Waals surface area contributed by atoms with Gasteiger partial charge in [-0.1, -0.05) is 38.3 Å². The van der Waals surface area contributed by atoms with Crippen molar-refractivity contribution in [1.82, 2.24) is 4.90 Å². The SMILES string of the molecule is CC(C)CN(Cc1cc(Cl)ccc1N)C1CCCC1. The zero-order chi connectivity index (χ0) is 13.8. The first-order valence-corrected chi connectivity index (χ1v) is 7.72. The summed E-state index contributed by atoms with van der Waals surface area (Å²) in [5.41, 5.74) is 8.11. The molecule has 0 spiro atoms. The molecule has 0 atom stereocenters. The van der Waals surface area contributed by atoms with Gasteiger partial charge in [-0.05, 0) is 42.5 Å². The molecule has 1 fully saturated rings. The molecule has 0 saturated heterocycles. The van der Waals surface area contributed by atoms with E-state index in [2.05, 4.69) is 18.7 Å². The van der Waals surface area contributed by atoms with Crippen LogP contribution in [0.15, 0.2) is 18.2 Å². The van der Waals surface area contributed by atoms with E-state index in [-0.39, 0.29) is 0 Å². The topological polar surface area (TPSA) is 29.3 Å². The van der Waals surface area contributed by atoms with Crippen LogP contribution in [-0.2, 0) is 6.54 Å². The number of nitrogen functional groups attached to an aromatic ring is 1. The van der Waals surface area contributed by atoms with Gasteiger partial charge in [0.15, 0.2) is 0 Å². The fraction of sp³-hybridized carbons (Fsp3) is 0.625. The Morgan fingerprint density at radius 1 is 1.32 bits per heavy atom. The third-order valence-electron chi connectivity index (χ3n) is 3.92. The van der Waals surface area contributed by atoms with Gasteiger partial charge in [0.25, 0.3) is 0 Å². The lowest BCUT2D eigenvalue weighted by atomic mass is 10.1. The number of halogens is 1. The van der Waals surface area contributed by atoms with Gasteiger partial charge in [0.05, 0.1) is 0 Å².